The van der Waals surface area contributed by atoms with Crippen molar-refractivity contribution in [3.63, 3.8) is 0 Å². The summed E-state index contributed by atoms with van der Waals surface area (Å²) in [7, 11) is -0.584. The molecule has 1 unspecified atom stereocenters. The number of nitrogens with one attached hydrogen (secondary N) is 1. The lowest BCUT2D eigenvalue weighted by Gasteiger charge is -1.98. The zero-order chi connectivity index (χ0) is 7.56. The van der Waals surface area contributed by atoms with Crippen molar-refractivity contribution in [2.75, 3.05) is 6.26 Å². The molecule has 54 valence electrons. The van der Waals surface area contributed by atoms with Gasteiger partial charge in [0.05, 0.1) is 5.02 Å². The number of nitrogens with zero attached hydrogens (tertiary/aromatic N) is 1. The van der Waals surface area contributed by atoms with Crippen LogP contribution in [-0.4, -0.2) is 11.2 Å². The summed E-state index contributed by atoms with van der Waals surface area (Å²) in [6.45, 7) is 0. The molecule has 0 aromatic carbocycles. The molecular formula is C6H7ClN2S. The fraction of sp³-hybridized carbons (Fsp3) is 0.167. The highest BCUT2D eigenvalue weighted by Gasteiger charge is 1.99. The molecule has 0 aliphatic heterocycles. The summed E-state index contributed by atoms with van der Waals surface area (Å²) < 4.78 is 7.34. The van der Waals surface area contributed by atoms with Crippen LogP contribution in [0, 0.1) is 4.78 Å². The lowest BCUT2D eigenvalue weighted by molar-refractivity contribution is 1.13. The van der Waals surface area contributed by atoms with Gasteiger partial charge >= 0.3 is 0 Å². The smallest absolute Gasteiger partial charge is 0.125 e. The molecule has 2 nitrogen and oxygen atoms in total. The first-order chi connectivity index (χ1) is 4.72. The minimum absolute atomic E-state index is 0.584. The van der Waals surface area contributed by atoms with Crippen LogP contribution in [-0.2, 0) is 10.7 Å². The number of rotatable bonds is 1. The van der Waals surface area contributed by atoms with E-state index in [1.165, 1.54) is 0 Å². The van der Waals surface area contributed by atoms with Crippen molar-refractivity contribution < 1.29 is 0 Å². The lowest BCUT2D eigenvalue weighted by atomic mass is 10.5. The quantitative estimate of drug-likeness (QED) is 0.696. The van der Waals surface area contributed by atoms with E-state index in [4.69, 9.17) is 16.4 Å². The summed E-state index contributed by atoms with van der Waals surface area (Å²) in [6, 6.07) is 3.51. The molecule has 0 saturated heterocycles. The van der Waals surface area contributed by atoms with Crippen molar-refractivity contribution in [3.8, 4) is 0 Å². The largest absolute Gasteiger partial charge is 0.274 e. The second kappa shape index (κ2) is 3.12. The molecule has 0 saturated carbocycles. The molecule has 0 aliphatic rings. The van der Waals surface area contributed by atoms with E-state index < -0.39 is 10.7 Å². The Hall–Kier alpha value is -0.410. The highest BCUT2D eigenvalue weighted by atomic mass is 35.5. The van der Waals surface area contributed by atoms with Gasteiger partial charge in [0.25, 0.3) is 0 Å². The van der Waals surface area contributed by atoms with E-state index in [0.29, 0.717) is 10.0 Å². The minimum Gasteiger partial charge on any atom is -0.274 e. The molecule has 1 aromatic heterocycles. The standard InChI is InChI=1S/C6H7ClN2S/c1-10(8)6-5(7)3-2-4-9-6/h2-4,8H,1H3. The Labute approximate surface area is 67.1 Å². The zero-order valence-electron chi connectivity index (χ0n) is 5.47. The van der Waals surface area contributed by atoms with E-state index in [1.807, 2.05) is 0 Å². The highest BCUT2D eigenvalue weighted by molar-refractivity contribution is 7.85. The molecule has 1 heterocycles. The van der Waals surface area contributed by atoms with E-state index in [0.717, 1.165) is 0 Å². The Balaban J connectivity index is 3.15. The van der Waals surface area contributed by atoms with E-state index in [2.05, 4.69) is 4.98 Å². The van der Waals surface area contributed by atoms with Gasteiger partial charge in [-0.1, -0.05) is 22.3 Å². The lowest BCUT2D eigenvalue weighted by Crippen LogP contribution is -1.89. The van der Waals surface area contributed by atoms with Crippen LogP contribution in [0.2, 0.25) is 5.02 Å². The predicted octanol–water partition coefficient (Wildman–Crippen LogP) is 2.10. The fourth-order valence-corrected chi connectivity index (χ4v) is 1.64. The fourth-order valence-electron chi connectivity index (χ4n) is 0.597. The van der Waals surface area contributed by atoms with Gasteiger partial charge in [0.1, 0.15) is 5.03 Å². The molecule has 0 bridgehead atoms. The van der Waals surface area contributed by atoms with Crippen molar-refractivity contribution >= 4 is 22.3 Å². The molecule has 0 amide bonds. The maximum absolute atomic E-state index is 7.34. The maximum Gasteiger partial charge on any atom is 0.125 e. The van der Waals surface area contributed by atoms with Crippen LogP contribution >= 0.6 is 11.6 Å². The Morgan fingerprint density at radius 1 is 1.70 bits per heavy atom. The predicted molar refractivity (Wildman–Crippen MR) is 43.5 cm³/mol. The van der Waals surface area contributed by atoms with Crippen LogP contribution in [0.3, 0.4) is 0 Å². The first-order valence-corrected chi connectivity index (χ1v) is 4.70. The van der Waals surface area contributed by atoms with Gasteiger partial charge in [0, 0.05) is 6.20 Å². The molecule has 1 atom stereocenters. The molecule has 0 aliphatic carbocycles. The number of hydrogen-bond donors (Lipinski definition) is 1. The second-order valence-electron chi connectivity index (χ2n) is 1.80. The minimum atomic E-state index is -0.584. The van der Waals surface area contributed by atoms with E-state index in [9.17, 15) is 0 Å². The molecule has 1 rings (SSSR count). The summed E-state index contributed by atoms with van der Waals surface area (Å²) in [4.78, 5) is 3.97. The van der Waals surface area contributed by atoms with Gasteiger partial charge in [0.15, 0.2) is 0 Å². The average Bonchev–Trinajstić information content (AvgIpc) is 1.88. The Bertz CT molecular complexity index is 262. The number of hydrogen-bond acceptors (Lipinski definition) is 2. The van der Waals surface area contributed by atoms with Crippen LogP contribution < -0.4 is 0 Å². The van der Waals surface area contributed by atoms with Crippen molar-refractivity contribution in [3.05, 3.63) is 23.4 Å². The Morgan fingerprint density at radius 2 is 2.40 bits per heavy atom. The maximum atomic E-state index is 7.34. The molecule has 10 heavy (non-hydrogen) atoms. The monoisotopic (exact) mass is 174 g/mol. The SMILES string of the molecule is CS(=N)c1ncccc1Cl. The third-order valence-electron chi connectivity index (χ3n) is 1.01. The highest BCUT2D eigenvalue weighted by Crippen LogP contribution is 2.14. The molecular weight excluding hydrogens is 168 g/mol. The first-order valence-electron chi connectivity index (χ1n) is 2.69. The summed E-state index contributed by atoms with van der Waals surface area (Å²) in [5, 5.41) is 1.26. The van der Waals surface area contributed by atoms with Crippen molar-refractivity contribution in [1.82, 2.24) is 4.98 Å². The molecule has 4 heteroatoms. The third kappa shape index (κ3) is 1.55. The summed E-state index contributed by atoms with van der Waals surface area (Å²) >= 11 is 5.74. The molecule has 0 radical (unpaired) electrons. The van der Waals surface area contributed by atoms with Gasteiger partial charge in [-0.2, -0.15) is 0 Å². The number of halogens is 1. The summed E-state index contributed by atoms with van der Waals surface area (Å²) in [5.41, 5.74) is 0. The third-order valence-corrected chi connectivity index (χ3v) is 2.34. The number of pyridine rings is 1. The van der Waals surface area contributed by atoms with Gasteiger partial charge in [0.2, 0.25) is 0 Å². The van der Waals surface area contributed by atoms with Gasteiger partial charge in [-0.3, -0.25) is 4.78 Å². The van der Waals surface area contributed by atoms with Gasteiger partial charge in [-0.25, -0.2) is 4.98 Å². The molecule has 0 fully saturated rings. The molecule has 0 spiro atoms. The van der Waals surface area contributed by atoms with Crippen LogP contribution in [0.1, 0.15) is 0 Å². The van der Waals surface area contributed by atoms with Crippen LogP contribution in [0.4, 0.5) is 0 Å². The number of aromatic nitrogens is 1. The Kier molecular flexibility index (Phi) is 2.40. The van der Waals surface area contributed by atoms with Crippen LogP contribution in [0.25, 0.3) is 0 Å². The summed E-state index contributed by atoms with van der Waals surface area (Å²) in [5.74, 6) is 0. The second-order valence-corrected chi connectivity index (χ2v) is 3.62. The first kappa shape index (κ1) is 7.69. The molecule has 1 aromatic rings. The van der Waals surface area contributed by atoms with Crippen molar-refractivity contribution in [2.45, 2.75) is 5.03 Å². The molecule has 1 N–H and O–H groups in total. The van der Waals surface area contributed by atoms with Gasteiger partial charge in [-0.15, -0.1) is 0 Å². The van der Waals surface area contributed by atoms with E-state index in [-0.39, 0.29) is 0 Å². The summed E-state index contributed by atoms with van der Waals surface area (Å²) in [6.07, 6.45) is 3.42. The van der Waals surface area contributed by atoms with Crippen LogP contribution in [0.5, 0.6) is 0 Å². The zero-order valence-corrected chi connectivity index (χ0v) is 7.04. The topological polar surface area (TPSA) is 36.7 Å². The van der Waals surface area contributed by atoms with Crippen LogP contribution in [0.15, 0.2) is 23.4 Å². The van der Waals surface area contributed by atoms with Gasteiger partial charge < -0.3 is 0 Å². The van der Waals surface area contributed by atoms with Gasteiger partial charge in [-0.05, 0) is 18.4 Å². The van der Waals surface area contributed by atoms with Crippen molar-refractivity contribution in [1.29, 1.82) is 4.78 Å². The average molecular weight is 175 g/mol. The normalized spacial score (nSPS) is 13.0. The van der Waals surface area contributed by atoms with E-state index in [1.54, 1.807) is 24.6 Å². The Morgan fingerprint density at radius 3 is 2.80 bits per heavy atom. The van der Waals surface area contributed by atoms with E-state index >= 15 is 0 Å². The van der Waals surface area contributed by atoms with Crippen molar-refractivity contribution in [2.24, 2.45) is 0 Å².